The Morgan fingerprint density at radius 2 is 2.06 bits per heavy atom. The van der Waals surface area contributed by atoms with Crippen LogP contribution >= 0.6 is 0 Å². The van der Waals surface area contributed by atoms with Crippen molar-refractivity contribution in [2.45, 2.75) is 31.7 Å². The molecule has 2 heterocycles. The summed E-state index contributed by atoms with van der Waals surface area (Å²) in [5.74, 6) is -3.60. The fraction of sp³-hybridized carbons (Fsp3) is 0.800. The Hall–Kier alpha value is -1.31. The van der Waals surface area contributed by atoms with Crippen molar-refractivity contribution in [1.29, 1.82) is 0 Å². The number of hydrogen-bond acceptors (Lipinski definition) is 5. The molecule has 0 aliphatic carbocycles. The molecule has 1 aliphatic heterocycles. The fourth-order valence-electron chi connectivity index (χ4n) is 1.88. The molecule has 0 aromatic carbocycles. The lowest BCUT2D eigenvalue weighted by Gasteiger charge is -2.30. The molecular weight excluding hydrogens is 249 g/mol. The molecule has 18 heavy (non-hydrogen) atoms. The number of halogens is 3. The van der Waals surface area contributed by atoms with Gasteiger partial charge in [0.05, 0.1) is 0 Å². The van der Waals surface area contributed by atoms with Crippen molar-refractivity contribution in [3.8, 4) is 0 Å². The number of nitrogens with zero attached hydrogens (tertiary/aromatic N) is 3. The van der Waals surface area contributed by atoms with Crippen molar-refractivity contribution >= 4 is 6.01 Å². The van der Waals surface area contributed by atoms with Gasteiger partial charge < -0.3 is 14.7 Å². The molecule has 0 atom stereocenters. The molecule has 106 valence electrons. The van der Waals surface area contributed by atoms with Gasteiger partial charge in [0.1, 0.15) is 0 Å². The van der Waals surface area contributed by atoms with Crippen LogP contribution in [0.25, 0.3) is 0 Å². The molecule has 8 heteroatoms. The van der Waals surface area contributed by atoms with Crippen LogP contribution in [0.3, 0.4) is 0 Å². The van der Waals surface area contributed by atoms with Gasteiger partial charge in [-0.15, -0.1) is 0 Å². The largest absolute Gasteiger partial charge is 0.324 e. The lowest BCUT2D eigenvalue weighted by atomic mass is 10.1. The molecule has 1 saturated heterocycles. The highest BCUT2D eigenvalue weighted by Gasteiger charge is 2.32. The van der Waals surface area contributed by atoms with Gasteiger partial charge in [0.2, 0.25) is 5.82 Å². The first-order chi connectivity index (χ1) is 8.00. The maximum absolute atomic E-state index is 12.9. The van der Waals surface area contributed by atoms with Gasteiger partial charge >= 0.3 is 11.9 Å². The Bertz CT molecular complexity index is 377. The first kappa shape index (κ1) is 14.7. The smallest absolute Gasteiger partial charge is 0.324 e. The van der Waals surface area contributed by atoms with E-state index >= 15 is 0 Å². The van der Waals surface area contributed by atoms with E-state index in [4.69, 9.17) is 4.52 Å². The molecular formula is C10H19F3N4O. The second kappa shape index (κ2) is 5.55. The molecule has 0 radical (unpaired) electrons. The van der Waals surface area contributed by atoms with Crippen LogP contribution < -0.4 is 10.2 Å². The third kappa shape index (κ3) is 3.12. The summed E-state index contributed by atoms with van der Waals surface area (Å²) in [6, 6.07) is 0.664. The molecule has 1 aromatic heterocycles. The standard InChI is InChI=1S/C10H16F2N4O.FH.H2/c1-10(11,12)8-14-9(17-15-8)16-5-3-7(13-2)4-6-16;;/h7,13H,3-6H2,1-2H3;2*1H. The zero-order valence-corrected chi connectivity index (χ0v) is 10.3. The van der Waals surface area contributed by atoms with Crippen LogP contribution in [0.5, 0.6) is 0 Å². The van der Waals surface area contributed by atoms with E-state index in [1.165, 1.54) is 0 Å². The van der Waals surface area contributed by atoms with Crippen molar-refractivity contribution in [2.24, 2.45) is 0 Å². The van der Waals surface area contributed by atoms with E-state index in [1.807, 2.05) is 11.9 Å². The minimum Gasteiger partial charge on any atom is -0.324 e. The molecule has 0 spiro atoms. The number of piperidine rings is 1. The Balaban J connectivity index is 0.00000162. The van der Waals surface area contributed by atoms with Gasteiger partial charge in [0, 0.05) is 27.5 Å². The van der Waals surface area contributed by atoms with Gasteiger partial charge in [0.25, 0.3) is 0 Å². The number of aromatic nitrogens is 2. The Morgan fingerprint density at radius 3 is 2.50 bits per heavy atom. The molecule has 1 N–H and O–H groups in total. The SMILES string of the molecule is CNC1CCN(c2nc(C(C)(F)F)no2)CC1.F.[HH]. The van der Waals surface area contributed by atoms with Gasteiger partial charge in [-0.3, -0.25) is 4.70 Å². The van der Waals surface area contributed by atoms with Gasteiger partial charge in [-0.05, 0) is 19.9 Å². The minimum atomic E-state index is -3.05. The average molecular weight is 268 g/mol. The molecule has 0 saturated carbocycles. The fourth-order valence-corrected chi connectivity index (χ4v) is 1.88. The summed E-state index contributed by atoms with van der Waals surface area (Å²) in [5, 5.41) is 6.50. The number of anilines is 1. The highest BCUT2D eigenvalue weighted by molar-refractivity contribution is 5.26. The zero-order valence-electron chi connectivity index (χ0n) is 10.3. The lowest BCUT2D eigenvalue weighted by molar-refractivity contribution is 0.00559. The highest BCUT2D eigenvalue weighted by Crippen LogP contribution is 2.26. The van der Waals surface area contributed by atoms with Crippen LogP contribution in [-0.4, -0.2) is 36.3 Å². The van der Waals surface area contributed by atoms with E-state index in [9.17, 15) is 8.78 Å². The highest BCUT2D eigenvalue weighted by atomic mass is 19.3. The van der Waals surface area contributed by atoms with Crippen molar-refractivity contribution in [3.05, 3.63) is 5.82 Å². The van der Waals surface area contributed by atoms with E-state index in [0.717, 1.165) is 32.9 Å². The monoisotopic (exact) mass is 268 g/mol. The molecule has 0 unspecified atom stereocenters. The van der Waals surface area contributed by atoms with Crippen molar-refractivity contribution < 1.29 is 19.4 Å². The van der Waals surface area contributed by atoms with Crippen molar-refractivity contribution in [3.63, 3.8) is 0 Å². The predicted octanol–water partition coefficient (Wildman–Crippen LogP) is 1.77. The van der Waals surface area contributed by atoms with Crippen LogP contribution in [0.2, 0.25) is 0 Å². The van der Waals surface area contributed by atoms with Crippen LogP contribution in [0.15, 0.2) is 4.52 Å². The first-order valence-corrected chi connectivity index (χ1v) is 5.65. The van der Waals surface area contributed by atoms with E-state index in [1.54, 1.807) is 0 Å². The zero-order chi connectivity index (χ0) is 12.5. The number of hydrogen-bond donors (Lipinski definition) is 1. The summed E-state index contributed by atoms with van der Waals surface area (Å²) in [4.78, 5) is 5.58. The van der Waals surface area contributed by atoms with E-state index < -0.39 is 11.7 Å². The van der Waals surface area contributed by atoms with Gasteiger partial charge in [-0.1, -0.05) is 5.16 Å². The summed E-state index contributed by atoms with van der Waals surface area (Å²) in [7, 11) is 1.92. The van der Waals surface area contributed by atoms with Crippen LogP contribution in [0.1, 0.15) is 27.0 Å². The second-order valence-electron chi connectivity index (χ2n) is 4.34. The maximum Gasteiger partial charge on any atom is 0.324 e. The van der Waals surface area contributed by atoms with E-state index in [2.05, 4.69) is 15.5 Å². The summed E-state index contributed by atoms with van der Waals surface area (Å²) in [5.41, 5.74) is 0. The summed E-state index contributed by atoms with van der Waals surface area (Å²) >= 11 is 0. The lowest BCUT2D eigenvalue weighted by Crippen LogP contribution is -2.41. The molecule has 0 amide bonds. The third-order valence-electron chi connectivity index (χ3n) is 2.98. The summed E-state index contributed by atoms with van der Waals surface area (Å²) in [6.45, 7) is 2.24. The molecule has 0 bridgehead atoms. The van der Waals surface area contributed by atoms with E-state index in [0.29, 0.717) is 6.04 Å². The Kier molecular flexibility index (Phi) is 4.55. The van der Waals surface area contributed by atoms with Crippen LogP contribution in [-0.2, 0) is 5.92 Å². The molecule has 1 fully saturated rings. The Labute approximate surface area is 104 Å². The quantitative estimate of drug-likeness (QED) is 0.905. The minimum absolute atomic E-state index is 0. The Morgan fingerprint density at radius 1 is 1.44 bits per heavy atom. The van der Waals surface area contributed by atoms with Crippen molar-refractivity contribution in [2.75, 3.05) is 25.0 Å². The average Bonchev–Trinajstić information content (AvgIpc) is 2.78. The second-order valence-corrected chi connectivity index (χ2v) is 4.34. The molecule has 2 rings (SSSR count). The topological polar surface area (TPSA) is 54.2 Å². The van der Waals surface area contributed by atoms with E-state index in [-0.39, 0.29) is 12.1 Å². The van der Waals surface area contributed by atoms with Crippen LogP contribution in [0, 0.1) is 0 Å². The van der Waals surface area contributed by atoms with Gasteiger partial charge in [-0.25, -0.2) is 0 Å². The third-order valence-corrected chi connectivity index (χ3v) is 2.98. The predicted molar refractivity (Wildman–Crippen MR) is 62.8 cm³/mol. The summed E-state index contributed by atoms with van der Waals surface area (Å²) in [6.07, 6.45) is 1.88. The molecule has 1 aromatic rings. The van der Waals surface area contributed by atoms with Crippen molar-refractivity contribution in [1.82, 2.24) is 15.5 Å². The number of nitrogens with one attached hydrogen (secondary N) is 1. The number of alkyl halides is 2. The van der Waals surface area contributed by atoms with Crippen LogP contribution in [0.4, 0.5) is 19.5 Å². The molecule has 1 aliphatic rings. The van der Waals surface area contributed by atoms with Gasteiger partial charge in [-0.2, -0.15) is 13.8 Å². The van der Waals surface area contributed by atoms with Gasteiger partial charge in [0.15, 0.2) is 0 Å². The number of rotatable bonds is 3. The summed E-state index contributed by atoms with van der Waals surface area (Å²) < 4.78 is 30.7. The first-order valence-electron chi connectivity index (χ1n) is 5.65. The normalized spacial score (nSPS) is 17.7. The molecule has 5 nitrogen and oxygen atoms in total. The maximum atomic E-state index is 12.9.